The van der Waals surface area contributed by atoms with Crippen molar-refractivity contribution in [1.29, 1.82) is 0 Å². The van der Waals surface area contributed by atoms with Crippen LogP contribution in [-0.4, -0.2) is 83.3 Å². The smallest absolute Gasteiger partial charge is 0.126 e. The second-order valence-corrected chi connectivity index (χ2v) is 4.64. The van der Waals surface area contributed by atoms with Gasteiger partial charge in [-0.15, -0.1) is 0 Å². The molecule has 1 radical (unpaired) electrons. The molecular weight excluding hydrogens is 470 g/mol. The molecule has 0 aliphatic heterocycles. The third-order valence-electron chi connectivity index (χ3n) is 2.98. The van der Waals surface area contributed by atoms with Crippen molar-refractivity contribution in [3.8, 4) is 0 Å². The van der Waals surface area contributed by atoms with Crippen molar-refractivity contribution < 1.29 is 56.2 Å². The van der Waals surface area contributed by atoms with Gasteiger partial charge >= 0.3 is 0 Å². The van der Waals surface area contributed by atoms with Gasteiger partial charge in [-0.1, -0.05) is 0 Å². The van der Waals surface area contributed by atoms with E-state index in [0.29, 0.717) is 5.69 Å². The monoisotopic (exact) mass is 491 g/mol. The van der Waals surface area contributed by atoms with Crippen molar-refractivity contribution in [2.75, 3.05) is 13.2 Å². The van der Waals surface area contributed by atoms with Gasteiger partial charge in [-0.05, 0) is 0 Å². The van der Waals surface area contributed by atoms with Crippen molar-refractivity contribution in [2.24, 2.45) is 0 Å². The summed E-state index contributed by atoms with van der Waals surface area (Å²) in [5.74, 6) is 0. The fourth-order valence-electron chi connectivity index (χ4n) is 1.59. The van der Waals surface area contributed by atoms with Crippen molar-refractivity contribution in [3.63, 3.8) is 0 Å². The molecule has 0 aliphatic carbocycles. The standard InChI is InChI=1S/C12H20N2O7.Re/c15-4-9(18)8(17)1-6-2-14-7(3-13-6)11(20)12(21)10(19)5-16;/h2-3,8-12,15-21H,1,4-5H2;. The van der Waals surface area contributed by atoms with Crippen LogP contribution in [0, 0.1) is 0 Å². The molecule has 0 aliphatic rings. The average Bonchev–Trinajstić information content (AvgIpc) is 2.52. The Kier molecular flexibility index (Phi) is 10.0. The zero-order chi connectivity index (χ0) is 16.0. The Morgan fingerprint density at radius 2 is 1.41 bits per heavy atom. The topological polar surface area (TPSA) is 167 Å². The van der Waals surface area contributed by atoms with Gasteiger partial charge < -0.3 is 35.7 Å². The Hall–Kier alpha value is -0.538. The molecule has 22 heavy (non-hydrogen) atoms. The molecule has 7 N–H and O–H groups in total. The van der Waals surface area contributed by atoms with E-state index in [4.69, 9.17) is 10.2 Å². The molecule has 1 heterocycles. The molecule has 0 saturated heterocycles. The molecule has 1 aromatic rings. The Bertz CT molecular complexity index is 422. The number of aliphatic hydroxyl groups excluding tert-OH is 7. The molecule has 127 valence electrons. The summed E-state index contributed by atoms with van der Waals surface area (Å²) < 4.78 is 0. The third-order valence-corrected chi connectivity index (χ3v) is 2.98. The average molecular weight is 491 g/mol. The second-order valence-electron chi connectivity index (χ2n) is 4.64. The first kappa shape index (κ1) is 21.5. The van der Waals surface area contributed by atoms with Crippen LogP contribution < -0.4 is 0 Å². The molecule has 5 atom stereocenters. The van der Waals surface area contributed by atoms with Gasteiger partial charge in [0.2, 0.25) is 0 Å². The van der Waals surface area contributed by atoms with Crippen LogP contribution in [0.4, 0.5) is 0 Å². The van der Waals surface area contributed by atoms with Gasteiger partial charge in [0.25, 0.3) is 0 Å². The second kappa shape index (κ2) is 10.3. The Labute approximate surface area is 140 Å². The number of hydrogen-bond acceptors (Lipinski definition) is 9. The number of aromatic nitrogens is 2. The zero-order valence-electron chi connectivity index (χ0n) is 11.6. The Balaban J connectivity index is 0.00000441. The summed E-state index contributed by atoms with van der Waals surface area (Å²) in [6.45, 7) is -1.30. The van der Waals surface area contributed by atoms with Gasteiger partial charge in [0.15, 0.2) is 0 Å². The molecule has 0 fully saturated rings. The van der Waals surface area contributed by atoms with Crippen LogP contribution >= 0.6 is 0 Å². The molecule has 9 nitrogen and oxygen atoms in total. The van der Waals surface area contributed by atoms with Crippen molar-refractivity contribution >= 4 is 0 Å². The van der Waals surface area contributed by atoms with Crippen LogP contribution in [0.25, 0.3) is 0 Å². The van der Waals surface area contributed by atoms with E-state index in [9.17, 15) is 25.5 Å². The quantitative estimate of drug-likeness (QED) is 0.195. The summed E-state index contributed by atoms with van der Waals surface area (Å²) in [6, 6.07) is 0. The summed E-state index contributed by atoms with van der Waals surface area (Å²) in [5.41, 5.74) is 0.291. The maximum absolute atomic E-state index is 9.74. The largest absolute Gasteiger partial charge is 0.394 e. The predicted octanol–water partition coefficient (Wildman–Crippen LogP) is -3.52. The molecule has 5 unspecified atom stereocenters. The maximum atomic E-state index is 9.74. The first-order chi connectivity index (χ1) is 9.90. The Morgan fingerprint density at radius 1 is 0.818 bits per heavy atom. The van der Waals surface area contributed by atoms with Gasteiger partial charge in [0.05, 0.1) is 36.9 Å². The van der Waals surface area contributed by atoms with E-state index in [1.54, 1.807) is 0 Å². The molecule has 0 spiro atoms. The van der Waals surface area contributed by atoms with Gasteiger partial charge in [-0.25, -0.2) is 0 Å². The van der Waals surface area contributed by atoms with Crippen molar-refractivity contribution in [1.82, 2.24) is 9.97 Å². The molecule has 0 saturated carbocycles. The molecule has 0 bridgehead atoms. The summed E-state index contributed by atoms with van der Waals surface area (Å²) in [5, 5.41) is 64.6. The fourth-order valence-corrected chi connectivity index (χ4v) is 1.59. The van der Waals surface area contributed by atoms with E-state index in [1.807, 2.05) is 0 Å². The molecule has 0 amide bonds. The summed E-state index contributed by atoms with van der Waals surface area (Å²) in [7, 11) is 0. The minimum absolute atomic E-state index is 0. The van der Waals surface area contributed by atoms with Crippen LogP contribution in [-0.2, 0) is 26.8 Å². The van der Waals surface area contributed by atoms with Crippen LogP contribution in [0.1, 0.15) is 17.5 Å². The van der Waals surface area contributed by atoms with E-state index < -0.39 is 43.7 Å². The van der Waals surface area contributed by atoms with E-state index in [1.165, 1.54) is 6.20 Å². The van der Waals surface area contributed by atoms with Gasteiger partial charge in [0, 0.05) is 33.0 Å². The van der Waals surface area contributed by atoms with E-state index in [0.717, 1.165) is 6.20 Å². The fraction of sp³-hybridized carbons (Fsp3) is 0.667. The van der Waals surface area contributed by atoms with Gasteiger partial charge in [0.1, 0.15) is 24.4 Å². The first-order valence-electron chi connectivity index (χ1n) is 6.33. The number of aliphatic hydroxyl groups is 7. The third kappa shape index (κ3) is 5.92. The SMILES string of the molecule is OCC(O)C(O)Cc1cnc(C(O)C(O)C(O)CO)cn1.[Re]. The van der Waals surface area contributed by atoms with Crippen molar-refractivity contribution in [2.45, 2.75) is 36.9 Å². The summed E-state index contributed by atoms with van der Waals surface area (Å²) in [6.07, 6.45) is -4.83. The molecular formula is C12H20N2O7Re. The van der Waals surface area contributed by atoms with Gasteiger partial charge in [-0.2, -0.15) is 0 Å². The van der Waals surface area contributed by atoms with Crippen LogP contribution in [0.2, 0.25) is 0 Å². The molecule has 1 rings (SSSR count). The van der Waals surface area contributed by atoms with E-state index in [-0.39, 0.29) is 32.5 Å². The van der Waals surface area contributed by atoms with Crippen molar-refractivity contribution in [3.05, 3.63) is 23.8 Å². The summed E-state index contributed by atoms with van der Waals surface area (Å²) in [4.78, 5) is 7.73. The number of nitrogens with zero attached hydrogens (tertiary/aromatic N) is 2. The van der Waals surface area contributed by atoms with Crippen LogP contribution in [0.3, 0.4) is 0 Å². The van der Waals surface area contributed by atoms with Gasteiger partial charge in [-0.3, -0.25) is 9.97 Å². The van der Waals surface area contributed by atoms with E-state index >= 15 is 0 Å². The normalized spacial score (nSPS) is 18.0. The number of hydrogen-bond donors (Lipinski definition) is 7. The first-order valence-corrected chi connectivity index (χ1v) is 6.33. The minimum Gasteiger partial charge on any atom is -0.394 e. The van der Waals surface area contributed by atoms with Crippen LogP contribution in [0.15, 0.2) is 12.4 Å². The number of rotatable bonds is 8. The molecule has 1 aromatic heterocycles. The maximum Gasteiger partial charge on any atom is 0.126 e. The molecule has 10 heteroatoms. The Morgan fingerprint density at radius 3 is 1.86 bits per heavy atom. The predicted molar refractivity (Wildman–Crippen MR) is 68.9 cm³/mol. The van der Waals surface area contributed by atoms with Crippen LogP contribution in [0.5, 0.6) is 0 Å². The molecule has 0 aromatic carbocycles. The van der Waals surface area contributed by atoms with E-state index in [2.05, 4.69) is 9.97 Å². The summed E-state index contributed by atoms with van der Waals surface area (Å²) >= 11 is 0. The minimum atomic E-state index is -1.61. The zero-order valence-corrected chi connectivity index (χ0v) is 14.3.